The monoisotopic (exact) mass is 202 g/mol. The molecule has 0 saturated heterocycles. The first-order valence-corrected chi connectivity index (χ1v) is 5.81. The summed E-state index contributed by atoms with van der Waals surface area (Å²) in [5.41, 5.74) is 2.10. The summed E-state index contributed by atoms with van der Waals surface area (Å²) in [6.45, 7) is 0. The van der Waals surface area contributed by atoms with Crippen molar-refractivity contribution in [1.82, 2.24) is 14.8 Å². The molecular formula is C9H7N4P. The first-order chi connectivity index (χ1) is 6.81. The highest BCUT2D eigenvalue weighted by Gasteiger charge is 2.27. The zero-order valence-corrected chi connectivity index (χ0v) is 8.49. The molecule has 2 aromatic heterocycles. The Labute approximate surface area is 81.9 Å². The molecule has 1 unspecified atom stereocenters. The highest BCUT2D eigenvalue weighted by Crippen LogP contribution is 2.45. The third-order valence-electron chi connectivity index (χ3n) is 2.53. The quantitative estimate of drug-likeness (QED) is 0.600. The number of aromatic nitrogens is 3. The molecule has 0 fully saturated rings. The van der Waals surface area contributed by atoms with Crippen LogP contribution in [0.3, 0.4) is 0 Å². The van der Waals surface area contributed by atoms with Gasteiger partial charge in [-0.2, -0.15) is 10.4 Å². The Kier molecular flexibility index (Phi) is 1.42. The van der Waals surface area contributed by atoms with Gasteiger partial charge in [0.2, 0.25) is 0 Å². The Morgan fingerprint density at radius 3 is 3.21 bits per heavy atom. The van der Waals surface area contributed by atoms with E-state index in [0.29, 0.717) is 0 Å². The molecule has 3 rings (SSSR count). The minimum absolute atomic E-state index is 0.697. The molecule has 4 nitrogen and oxygen atoms in total. The van der Waals surface area contributed by atoms with Gasteiger partial charge in [-0.15, -0.1) is 0 Å². The van der Waals surface area contributed by atoms with E-state index in [9.17, 15) is 0 Å². The SMILES string of the molecule is Cn1nc2c3c(cncc31)P(C#N)C2. The molecule has 0 amide bonds. The maximum absolute atomic E-state index is 8.99. The summed E-state index contributed by atoms with van der Waals surface area (Å²) in [4.78, 5) is 4.15. The Bertz CT molecular complexity index is 566. The second-order valence-electron chi connectivity index (χ2n) is 3.31. The summed E-state index contributed by atoms with van der Waals surface area (Å²) < 4.78 is 1.84. The highest BCUT2D eigenvalue weighted by atomic mass is 31.1. The van der Waals surface area contributed by atoms with Gasteiger partial charge in [-0.05, 0) is 0 Å². The number of rotatable bonds is 0. The molecule has 0 aromatic carbocycles. The van der Waals surface area contributed by atoms with Crippen LogP contribution in [0.15, 0.2) is 12.4 Å². The van der Waals surface area contributed by atoms with Crippen LogP contribution >= 0.6 is 7.92 Å². The first-order valence-electron chi connectivity index (χ1n) is 4.28. The van der Waals surface area contributed by atoms with Crippen LogP contribution in [-0.2, 0) is 13.2 Å². The fourth-order valence-electron chi connectivity index (χ4n) is 1.90. The lowest BCUT2D eigenvalue weighted by atomic mass is 10.3. The first kappa shape index (κ1) is 7.90. The summed E-state index contributed by atoms with van der Waals surface area (Å²) in [5.74, 6) is 2.35. The molecule has 0 aliphatic carbocycles. The Balaban J connectivity index is 2.45. The second kappa shape index (κ2) is 2.52. The van der Waals surface area contributed by atoms with Crippen LogP contribution in [0.5, 0.6) is 0 Å². The van der Waals surface area contributed by atoms with Crippen molar-refractivity contribution in [2.24, 2.45) is 7.05 Å². The van der Waals surface area contributed by atoms with Crippen LogP contribution in [0.4, 0.5) is 0 Å². The third kappa shape index (κ3) is 0.804. The van der Waals surface area contributed by atoms with Crippen molar-refractivity contribution in [2.45, 2.75) is 6.16 Å². The van der Waals surface area contributed by atoms with Gasteiger partial charge in [0.15, 0.2) is 0 Å². The molecular weight excluding hydrogens is 195 g/mol. The van der Waals surface area contributed by atoms with E-state index in [0.717, 1.165) is 28.1 Å². The zero-order chi connectivity index (χ0) is 9.71. The van der Waals surface area contributed by atoms with E-state index in [4.69, 9.17) is 5.26 Å². The number of pyridine rings is 1. The molecule has 0 N–H and O–H groups in total. The lowest BCUT2D eigenvalue weighted by molar-refractivity contribution is 0.779. The smallest absolute Gasteiger partial charge is 0.0925 e. The number of hydrogen-bond donors (Lipinski definition) is 0. The summed E-state index contributed by atoms with van der Waals surface area (Å²) in [5, 5.41) is 15.7. The van der Waals surface area contributed by atoms with Crippen LogP contribution in [0.2, 0.25) is 0 Å². The van der Waals surface area contributed by atoms with Gasteiger partial charge in [-0.25, -0.2) is 0 Å². The van der Waals surface area contributed by atoms with Crippen molar-refractivity contribution >= 4 is 24.1 Å². The fraction of sp³-hybridized carbons (Fsp3) is 0.222. The molecule has 1 aliphatic rings. The van der Waals surface area contributed by atoms with Gasteiger partial charge in [0.05, 0.1) is 23.2 Å². The molecule has 3 heterocycles. The van der Waals surface area contributed by atoms with E-state index in [1.807, 2.05) is 24.1 Å². The topological polar surface area (TPSA) is 54.5 Å². The minimum Gasteiger partial charge on any atom is -0.266 e. The van der Waals surface area contributed by atoms with Crippen molar-refractivity contribution in [1.29, 1.82) is 5.26 Å². The van der Waals surface area contributed by atoms with Crippen molar-refractivity contribution in [3.8, 4) is 5.81 Å². The van der Waals surface area contributed by atoms with Crippen LogP contribution in [0.25, 0.3) is 10.9 Å². The van der Waals surface area contributed by atoms with E-state index < -0.39 is 7.92 Å². The third-order valence-corrected chi connectivity index (χ3v) is 4.31. The van der Waals surface area contributed by atoms with Gasteiger partial charge < -0.3 is 0 Å². The summed E-state index contributed by atoms with van der Waals surface area (Å²) in [7, 11) is 1.22. The maximum atomic E-state index is 8.99. The molecule has 2 aromatic rings. The van der Waals surface area contributed by atoms with Gasteiger partial charge in [-0.1, -0.05) is 0 Å². The summed E-state index contributed by atoms with van der Waals surface area (Å²) >= 11 is 0. The van der Waals surface area contributed by atoms with Crippen molar-refractivity contribution in [2.75, 3.05) is 0 Å². The van der Waals surface area contributed by atoms with E-state index >= 15 is 0 Å². The van der Waals surface area contributed by atoms with Crippen LogP contribution in [-0.4, -0.2) is 14.8 Å². The van der Waals surface area contributed by atoms with E-state index in [2.05, 4.69) is 15.9 Å². The number of nitrogens with zero attached hydrogens (tertiary/aromatic N) is 4. The maximum Gasteiger partial charge on any atom is 0.0925 e. The van der Waals surface area contributed by atoms with Gasteiger partial charge in [0, 0.05) is 38.0 Å². The average Bonchev–Trinajstić information content (AvgIpc) is 2.71. The average molecular weight is 202 g/mol. The Morgan fingerprint density at radius 2 is 2.43 bits per heavy atom. The van der Waals surface area contributed by atoms with E-state index in [1.54, 1.807) is 0 Å². The summed E-state index contributed by atoms with van der Waals surface area (Å²) in [6.07, 6.45) is 4.42. The molecule has 0 bridgehead atoms. The highest BCUT2D eigenvalue weighted by molar-refractivity contribution is 7.70. The van der Waals surface area contributed by atoms with Crippen LogP contribution in [0, 0.1) is 11.1 Å². The van der Waals surface area contributed by atoms with Crippen LogP contribution < -0.4 is 5.30 Å². The van der Waals surface area contributed by atoms with Gasteiger partial charge in [0.25, 0.3) is 0 Å². The van der Waals surface area contributed by atoms with Gasteiger partial charge in [0.1, 0.15) is 0 Å². The normalized spacial score (nSPS) is 18.7. The predicted molar refractivity (Wildman–Crippen MR) is 54.4 cm³/mol. The van der Waals surface area contributed by atoms with Crippen molar-refractivity contribution < 1.29 is 0 Å². The molecule has 1 aliphatic heterocycles. The van der Waals surface area contributed by atoms with Gasteiger partial charge in [-0.3, -0.25) is 9.67 Å². The Morgan fingerprint density at radius 1 is 1.57 bits per heavy atom. The van der Waals surface area contributed by atoms with E-state index in [1.165, 1.54) is 0 Å². The fourth-order valence-corrected chi connectivity index (χ4v) is 3.49. The second-order valence-corrected chi connectivity index (χ2v) is 5.16. The van der Waals surface area contributed by atoms with Crippen molar-refractivity contribution in [3.63, 3.8) is 0 Å². The molecule has 5 heteroatoms. The molecule has 1 atom stereocenters. The molecule has 68 valence electrons. The number of aryl methyl sites for hydroxylation is 1. The largest absolute Gasteiger partial charge is 0.266 e. The lowest BCUT2D eigenvalue weighted by Gasteiger charge is -2.01. The van der Waals surface area contributed by atoms with Crippen LogP contribution in [0.1, 0.15) is 5.69 Å². The summed E-state index contributed by atoms with van der Waals surface area (Å²) in [6, 6.07) is 0. The number of hydrogen-bond acceptors (Lipinski definition) is 3. The molecule has 0 radical (unpaired) electrons. The minimum atomic E-state index is -0.697. The van der Waals surface area contributed by atoms with E-state index in [-0.39, 0.29) is 0 Å². The van der Waals surface area contributed by atoms with Gasteiger partial charge >= 0.3 is 0 Å². The molecule has 0 saturated carbocycles. The molecule has 14 heavy (non-hydrogen) atoms. The number of nitriles is 1. The lowest BCUT2D eigenvalue weighted by Crippen LogP contribution is -2.00. The predicted octanol–water partition coefficient (Wildman–Crippen LogP) is 1.07. The standard InChI is InChI=1S/C9H7N4P/c1-13-7-2-11-3-8-9(7)6(12-13)4-14(8)5-10/h2-3H,4H2,1H3. The zero-order valence-electron chi connectivity index (χ0n) is 7.60. The molecule has 0 spiro atoms. The Hall–Kier alpha value is -1.46. The van der Waals surface area contributed by atoms with Crippen molar-refractivity contribution in [3.05, 3.63) is 18.1 Å².